The van der Waals surface area contributed by atoms with Gasteiger partial charge in [0.1, 0.15) is 17.4 Å². The fraction of sp³-hybridized carbons (Fsp3) is 0.625. The van der Waals surface area contributed by atoms with E-state index in [1.807, 2.05) is 20.8 Å². The van der Waals surface area contributed by atoms with Crippen LogP contribution in [0.25, 0.3) is 10.9 Å². The molecule has 15 heteroatoms. The SMILES string of the molecule is CCC(C)(CC)NOC(=O)CCC(=O)OC(c1cc(C(F)(F)F)nc2c(C(F)(F)F)cccc12)C1CCCCN1C(=O)OC(C)(C)C. The van der Waals surface area contributed by atoms with E-state index in [2.05, 4.69) is 10.5 Å². The second kappa shape index (κ2) is 14.7. The van der Waals surface area contributed by atoms with E-state index in [1.165, 1.54) is 4.90 Å². The monoisotopic (exact) mass is 677 g/mol. The van der Waals surface area contributed by atoms with Crippen LogP contribution in [0.15, 0.2) is 24.3 Å². The number of hydroxylamine groups is 1. The Kier molecular flexibility index (Phi) is 11.8. The number of amides is 1. The third kappa shape index (κ3) is 9.94. The van der Waals surface area contributed by atoms with Crippen LogP contribution in [0.5, 0.6) is 0 Å². The van der Waals surface area contributed by atoms with Crippen LogP contribution >= 0.6 is 0 Å². The molecule has 2 aromatic rings. The molecule has 2 atom stereocenters. The number of fused-ring (bicyclic) bond motifs is 1. The topological polar surface area (TPSA) is 107 Å². The molecule has 2 heterocycles. The smallest absolute Gasteiger partial charge is 0.433 e. The molecule has 9 nitrogen and oxygen atoms in total. The second-order valence-electron chi connectivity index (χ2n) is 12.8. The average molecular weight is 678 g/mol. The maximum atomic E-state index is 14.1. The number of ether oxygens (including phenoxy) is 2. The van der Waals surface area contributed by atoms with Gasteiger partial charge in [-0.25, -0.2) is 9.78 Å². The van der Waals surface area contributed by atoms with Crippen molar-refractivity contribution in [3.63, 3.8) is 0 Å². The van der Waals surface area contributed by atoms with E-state index >= 15 is 0 Å². The number of benzene rings is 1. The third-order valence-electron chi connectivity index (χ3n) is 8.06. The van der Waals surface area contributed by atoms with Crippen molar-refractivity contribution in [3.8, 4) is 0 Å². The van der Waals surface area contributed by atoms with Crippen molar-refractivity contribution in [1.29, 1.82) is 0 Å². The highest BCUT2D eigenvalue weighted by atomic mass is 19.4. The number of carbonyl (C=O) groups excluding carboxylic acids is 3. The fourth-order valence-corrected chi connectivity index (χ4v) is 5.08. The van der Waals surface area contributed by atoms with E-state index in [1.54, 1.807) is 20.8 Å². The number of piperidine rings is 1. The van der Waals surface area contributed by atoms with Crippen LogP contribution in [-0.2, 0) is 36.3 Å². The number of rotatable bonds is 10. The number of hydrogen-bond acceptors (Lipinski definition) is 8. The van der Waals surface area contributed by atoms with E-state index in [9.17, 15) is 40.7 Å². The molecule has 3 rings (SSSR count). The first-order valence-electron chi connectivity index (χ1n) is 15.4. The number of alkyl halides is 6. The number of nitrogens with one attached hydrogen (secondary N) is 1. The minimum Gasteiger partial charge on any atom is -0.455 e. The van der Waals surface area contributed by atoms with Crippen molar-refractivity contribution in [2.75, 3.05) is 6.54 Å². The standard InChI is InChI=1S/C32H41F6N3O6/c1-7-30(6,8-2)40-47-25(43)16-15-24(42)45-27(22-14-9-10-17-41(22)28(44)46-29(3,4)5)20-18-23(32(36,37)38)39-26-19(20)12-11-13-21(26)31(33,34)35/h11-13,18,22,27,40H,7-10,14-17H2,1-6H3. The lowest BCUT2D eigenvalue weighted by atomic mass is 9.90. The minimum atomic E-state index is -5.17. The van der Waals surface area contributed by atoms with Gasteiger partial charge in [-0.15, -0.1) is 5.48 Å². The summed E-state index contributed by atoms with van der Waals surface area (Å²) >= 11 is 0. The number of carbonyl (C=O) groups is 3. The van der Waals surface area contributed by atoms with Crippen LogP contribution in [0.4, 0.5) is 31.1 Å². The number of esters is 1. The molecular weight excluding hydrogens is 636 g/mol. The first-order chi connectivity index (χ1) is 21.7. The van der Waals surface area contributed by atoms with Crippen LogP contribution < -0.4 is 5.48 Å². The zero-order valence-electron chi connectivity index (χ0n) is 27.2. The van der Waals surface area contributed by atoms with Crippen LogP contribution in [0.3, 0.4) is 0 Å². The number of hydrogen-bond donors (Lipinski definition) is 1. The number of aromatic nitrogens is 1. The summed E-state index contributed by atoms with van der Waals surface area (Å²) in [4.78, 5) is 48.6. The minimum absolute atomic E-state index is 0.0855. The van der Waals surface area contributed by atoms with Crippen LogP contribution in [0.2, 0.25) is 0 Å². The van der Waals surface area contributed by atoms with E-state index < -0.39 is 88.8 Å². The van der Waals surface area contributed by atoms with Gasteiger partial charge in [-0.3, -0.25) is 9.59 Å². The summed E-state index contributed by atoms with van der Waals surface area (Å²) in [7, 11) is 0. The molecular formula is C32H41F6N3O6. The molecule has 262 valence electrons. The molecule has 2 unspecified atom stereocenters. The summed E-state index contributed by atoms with van der Waals surface area (Å²) in [5.41, 5.74) is -3.27. The van der Waals surface area contributed by atoms with Gasteiger partial charge in [-0.2, -0.15) is 26.3 Å². The van der Waals surface area contributed by atoms with Crippen molar-refractivity contribution >= 4 is 28.9 Å². The van der Waals surface area contributed by atoms with E-state index in [-0.39, 0.29) is 18.4 Å². The molecule has 1 aromatic carbocycles. The lowest BCUT2D eigenvalue weighted by Crippen LogP contribution is -2.49. The number of nitrogens with zero attached hydrogens (tertiary/aromatic N) is 2. The van der Waals surface area contributed by atoms with E-state index in [0.29, 0.717) is 37.8 Å². The van der Waals surface area contributed by atoms with Gasteiger partial charge in [-0.1, -0.05) is 26.0 Å². The molecule has 1 aliphatic heterocycles. The largest absolute Gasteiger partial charge is 0.455 e. The van der Waals surface area contributed by atoms with Crippen molar-refractivity contribution in [3.05, 3.63) is 41.1 Å². The number of likely N-dealkylation sites (tertiary alicyclic amines) is 1. The van der Waals surface area contributed by atoms with E-state index in [4.69, 9.17) is 14.3 Å². The first kappa shape index (κ1) is 37.8. The van der Waals surface area contributed by atoms with Crippen molar-refractivity contribution in [2.24, 2.45) is 0 Å². The van der Waals surface area contributed by atoms with Gasteiger partial charge in [0, 0.05) is 17.5 Å². The predicted molar refractivity (Wildman–Crippen MR) is 159 cm³/mol. The summed E-state index contributed by atoms with van der Waals surface area (Å²) in [6.07, 6.45) is -11.4. The molecule has 47 heavy (non-hydrogen) atoms. The van der Waals surface area contributed by atoms with Gasteiger partial charge in [0.25, 0.3) is 0 Å². The second-order valence-corrected chi connectivity index (χ2v) is 12.8. The molecule has 0 bridgehead atoms. The molecule has 1 amide bonds. The average Bonchev–Trinajstić information content (AvgIpc) is 2.99. The van der Waals surface area contributed by atoms with Gasteiger partial charge in [0.15, 0.2) is 0 Å². The van der Waals surface area contributed by atoms with Gasteiger partial charge in [0.2, 0.25) is 0 Å². The van der Waals surface area contributed by atoms with Crippen molar-refractivity contribution in [2.45, 2.75) is 122 Å². The highest BCUT2D eigenvalue weighted by Crippen LogP contribution is 2.42. The molecule has 1 aliphatic rings. The Morgan fingerprint density at radius 1 is 0.957 bits per heavy atom. The fourth-order valence-electron chi connectivity index (χ4n) is 5.08. The maximum Gasteiger partial charge on any atom is 0.433 e. The number of para-hydroxylation sites is 1. The third-order valence-corrected chi connectivity index (χ3v) is 8.06. The lowest BCUT2D eigenvalue weighted by Gasteiger charge is -2.40. The molecule has 0 radical (unpaired) electrons. The molecule has 1 N–H and O–H groups in total. The van der Waals surface area contributed by atoms with Crippen molar-refractivity contribution in [1.82, 2.24) is 15.4 Å². The lowest BCUT2D eigenvalue weighted by molar-refractivity contribution is -0.162. The normalized spacial score (nSPS) is 16.9. The zero-order valence-corrected chi connectivity index (χ0v) is 27.2. The summed E-state index contributed by atoms with van der Waals surface area (Å²) in [5, 5.41) is -0.345. The molecule has 0 aliphatic carbocycles. The van der Waals surface area contributed by atoms with Crippen LogP contribution in [0, 0.1) is 0 Å². The maximum absolute atomic E-state index is 14.1. The summed E-state index contributed by atoms with van der Waals surface area (Å²) < 4.78 is 95.6. The Bertz CT molecular complexity index is 1440. The first-order valence-corrected chi connectivity index (χ1v) is 15.4. The van der Waals surface area contributed by atoms with Gasteiger partial charge >= 0.3 is 30.4 Å². The quantitative estimate of drug-likeness (QED) is 0.117. The van der Waals surface area contributed by atoms with Gasteiger partial charge in [-0.05, 0) is 71.9 Å². The molecule has 1 saturated heterocycles. The van der Waals surface area contributed by atoms with Gasteiger partial charge < -0.3 is 19.2 Å². The summed E-state index contributed by atoms with van der Waals surface area (Å²) in [6.45, 7) is 10.5. The summed E-state index contributed by atoms with van der Waals surface area (Å²) in [5.74, 6) is -1.84. The predicted octanol–water partition coefficient (Wildman–Crippen LogP) is 8.05. The summed E-state index contributed by atoms with van der Waals surface area (Å²) in [6, 6.07) is 2.19. The highest BCUT2D eigenvalue weighted by Gasteiger charge is 2.43. The number of pyridine rings is 1. The molecule has 0 saturated carbocycles. The Morgan fingerprint density at radius 3 is 2.17 bits per heavy atom. The van der Waals surface area contributed by atoms with E-state index in [0.717, 1.165) is 12.1 Å². The molecule has 1 fully saturated rings. The Hall–Kier alpha value is -3.62. The van der Waals surface area contributed by atoms with Crippen molar-refractivity contribution < 1.29 is 55.0 Å². The van der Waals surface area contributed by atoms with Crippen LogP contribution in [-0.4, -0.2) is 51.6 Å². The Morgan fingerprint density at radius 2 is 1.60 bits per heavy atom. The Labute approximate surface area is 269 Å². The molecule has 0 spiro atoms. The number of halogens is 6. The Balaban J connectivity index is 2.10. The molecule has 1 aromatic heterocycles. The highest BCUT2D eigenvalue weighted by molar-refractivity contribution is 5.87. The van der Waals surface area contributed by atoms with Crippen LogP contribution in [0.1, 0.15) is 109 Å². The zero-order chi connectivity index (χ0) is 35.4. The van der Waals surface area contributed by atoms with Gasteiger partial charge in [0.05, 0.1) is 35.5 Å².